The van der Waals surface area contributed by atoms with E-state index in [0.29, 0.717) is 0 Å². The van der Waals surface area contributed by atoms with E-state index in [1.807, 2.05) is 0 Å². The molecular formula is C7H12O7. The zero-order valence-electron chi connectivity index (χ0n) is 7.29. The van der Waals surface area contributed by atoms with Gasteiger partial charge in [0.1, 0.15) is 6.10 Å². The van der Waals surface area contributed by atoms with Crippen molar-refractivity contribution in [3.8, 4) is 0 Å². The molecule has 0 amide bonds. The maximum Gasteiger partial charge on any atom is 0.308 e. The lowest BCUT2D eigenvalue weighted by Gasteiger charge is -2.15. The van der Waals surface area contributed by atoms with Gasteiger partial charge in [0.05, 0.1) is 19.4 Å². The highest BCUT2D eigenvalue weighted by molar-refractivity contribution is 5.76. The molecule has 0 saturated heterocycles. The van der Waals surface area contributed by atoms with Crippen molar-refractivity contribution in [3.05, 3.63) is 0 Å². The molecule has 0 aromatic heterocycles. The molecule has 0 aliphatic rings. The number of ether oxygens (including phenoxy) is 1. The Kier molecular flexibility index (Phi) is 5.77. The number of aliphatic hydroxyl groups excluding tert-OH is 3. The number of hydrogen-bond acceptors (Lipinski definition) is 6. The molecule has 14 heavy (non-hydrogen) atoms. The molecule has 0 aliphatic heterocycles. The summed E-state index contributed by atoms with van der Waals surface area (Å²) in [6.45, 7) is -0.757. The van der Waals surface area contributed by atoms with Gasteiger partial charge in [-0.3, -0.25) is 9.59 Å². The normalized spacial score (nSPS) is 14.5. The summed E-state index contributed by atoms with van der Waals surface area (Å²) in [7, 11) is 0. The molecule has 0 aromatic rings. The minimum absolute atomic E-state index is 0.398. The van der Waals surface area contributed by atoms with Crippen molar-refractivity contribution in [2.45, 2.75) is 25.2 Å². The summed E-state index contributed by atoms with van der Waals surface area (Å²) in [5.74, 6) is -2.12. The first-order valence-electron chi connectivity index (χ1n) is 3.85. The summed E-state index contributed by atoms with van der Waals surface area (Å²) < 4.78 is 4.20. The van der Waals surface area contributed by atoms with Crippen LogP contribution in [-0.4, -0.2) is 51.4 Å². The summed E-state index contributed by atoms with van der Waals surface area (Å²) in [5, 5.41) is 34.1. The number of aliphatic carboxylic acids is 1. The second-order valence-corrected chi connectivity index (χ2v) is 2.52. The second-order valence-electron chi connectivity index (χ2n) is 2.52. The first kappa shape index (κ1) is 12.8. The Balaban J connectivity index is 3.76. The van der Waals surface area contributed by atoms with Crippen LogP contribution >= 0.6 is 0 Å². The van der Waals surface area contributed by atoms with E-state index in [0.717, 1.165) is 0 Å². The topological polar surface area (TPSA) is 124 Å². The van der Waals surface area contributed by atoms with Crippen LogP contribution in [0.2, 0.25) is 0 Å². The Hall–Kier alpha value is -1.18. The molecule has 0 saturated carbocycles. The van der Waals surface area contributed by atoms with Crippen LogP contribution in [0.15, 0.2) is 0 Å². The summed E-state index contributed by atoms with van der Waals surface area (Å²) in [4.78, 5) is 20.8. The molecule has 0 radical (unpaired) electrons. The van der Waals surface area contributed by atoms with Crippen LogP contribution in [0.5, 0.6) is 0 Å². The van der Waals surface area contributed by atoms with Crippen molar-refractivity contribution in [3.63, 3.8) is 0 Å². The van der Waals surface area contributed by atoms with Crippen molar-refractivity contribution in [2.24, 2.45) is 0 Å². The number of carboxylic acid groups (broad SMARTS) is 1. The fourth-order valence-electron chi connectivity index (χ4n) is 0.571. The molecule has 0 rings (SSSR count). The lowest BCUT2D eigenvalue weighted by Crippen LogP contribution is -2.33. The molecule has 7 heteroatoms. The van der Waals surface area contributed by atoms with E-state index < -0.39 is 43.8 Å². The van der Waals surface area contributed by atoms with Gasteiger partial charge in [-0.25, -0.2) is 0 Å². The average molecular weight is 208 g/mol. The van der Waals surface area contributed by atoms with E-state index in [1.165, 1.54) is 0 Å². The fraction of sp³-hybridized carbons (Fsp3) is 0.714. The lowest BCUT2D eigenvalue weighted by atomic mass is 10.3. The number of carbonyl (C=O) groups excluding carboxylic acids is 1. The van der Waals surface area contributed by atoms with Gasteiger partial charge in [-0.2, -0.15) is 0 Å². The third-order valence-corrected chi connectivity index (χ3v) is 1.31. The molecule has 0 heterocycles. The monoisotopic (exact) mass is 208 g/mol. The molecule has 4 N–H and O–H groups in total. The van der Waals surface area contributed by atoms with E-state index in [-0.39, 0.29) is 0 Å². The highest BCUT2D eigenvalue weighted by Crippen LogP contribution is 1.99. The number of aliphatic hydroxyl groups is 3. The Morgan fingerprint density at radius 3 is 2.21 bits per heavy atom. The second kappa shape index (κ2) is 6.30. The summed E-state index contributed by atoms with van der Waals surface area (Å²) in [5.41, 5.74) is 0. The van der Waals surface area contributed by atoms with E-state index in [4.69, 9.17) is 20.4 Å². The Morgan fingerprint density at radius 2 is 1.79 bits per heavy atom. The number of rotatable bonds is 6. The number of carboxylic acids is 1. The van der Waals surface area contributed by atoms with Gasteiger partial charge in [0.2, 0.25) is 6.29 Å². The predicted octanol–water partition coefficient (Wildman–Crippen LogP) is -1.93. The molecule has 2 unspecified atom stereocenters. The van der Waals surface area contributed by atoms with Crippen molar-refractivity contribution >= 4 is 11.9 Å². The zero-order valence-corrected chi connectivity index (χ0v) is 7.29. The van der Waals surface area contributed by atoms with E-state index >= 15 is 0 Å². The van der Waals surface area contributed by atoms with Crippen molar-refractivity contribution < 1.29 is 34.8 Å². The Morgan fingerprint density at radius 1 is 1.21 bits per heavy atom. The molecule has 0 aromatic carbocycles. The van der Waals surface area contributed by atoms with Gasteiger partial charge in [-0.1, -0.05) is 0 Å². The fourth-order valence-corrected chi connectivity index (χ4v) is 0.571. The third kappa shape index (κ3) is 5.46. The maximum absolute atomic E-state index is 10.7. The van der Waals surface area contributed by atoms with Crippen LogP contribution in [0.3, 0.4) is 0 Å². The smallest absolute Gasteiger partial charge is 0.308 e. The number of carbonyl (C=O) groups is 2. The lowest BCUT2D eigenvalue weighted by molar-refractivity contribution is -0.191. The SMILES string of the molecule is O=C(O)CCC(=O)OC(O)C(O)CO. The first-order chi connectivity index (χ1) is 6.47. The standard InChI is InChI=1S/C7H12O7/c8-3-4(9)7(13)14-6(12)2-1-5(10)11/h4,7-9,13H,1-3H2,(H,10,11). The Bertz CT molecular complexity index is 202. The van der Waals surface area contributed by atoms with Crippen LogP contribution in [0, 0.1) is 0 Å². The zero-order chi connectivity index (χ0) is 11.1. The van der Waals surface area contributed by atoms with E-state index in [9.17, 15) is 9.59 Å². The number of esters is 1. The number of hydrogen-bond donors (Lipinski definition) is 4. The van der Waals surface area contributed by atoms with E-state index in [2.05, 4.69) is 4.74 Å². The van der Waals surface area contributed by atoms with Crippen LogP contribution in [-0.2, 0) is 14.3 Å². The minimum atomic E-state index is -1.83. The van der Waals surface area contributed by atoms with Gasteiger partial charge in [0.15, 0.2) is 0 Å². The van der Waals surface area contributed by atoms with Gasteiger partial charge < -0.3 is 25.2 Å². The molecule has 0 spiro atoms. The quantitative estimate of drug-likeness (QED) is 0.296. The maximum atomic E-state index is 10.7. The highest BCUT2D eigenvalue weighted by Gasteiger charge is 2.19. The van der Waals surface area contributed by atoms with Gasteiger partial charge in [-0.15, -0.1) is 0 Å². The summed E-state index contributed by atoms with van der Waals surface area (Å²) in [6, 6.07) is 0. The molecular weight excluding hydrogens is 196 g/mol. The van der Waals surface area contributed by atoms with Crippen molar-refractivity contribution in [1.82, 2.24) is 0 Å². The predicted molar refractivity (Wildman–Crippen MR) is 42.1 cm³/mol. The van der Waals surface area contributed by atoms with Crippen LogP contribution in [0.1, 0.15) is 12.8 Å². The molecule has 0 aliphatic carbocycles. The van der Waals surface area contributed by atoms with Crippen LogP contribution < -0.4 is 0 Å². The molecule has 82 valence electrons. The molecule has 7 nitrogen and oxygen atoms in total. The van der Waals surface area contributed by atoms with Crippen molar-refractivity contribution in [1.29, 1.82) is 0 Å². The van der Waals surface area contributed by atoms with Gasteiger partial charge in [-0.05, 0) is 0 Å². The largest absolute Gasteiger partial charge is 0.481 e. The van der Waals surface area contributed by atoms with Crippen LogP contribution in [0.4, 0.5) is 0 Å². The van der Waals surface area contributed by atoms with Crippen molar-refractivity contribution in [2.75, 3.05) is 6.61 Å². The molecule has 2 atom stereocenters. The average Bonchev–Trinajstić information content (AvgIpc) is 2.13. The summed E-state index contributed by atoms with van der Waals surface area (Å²) in [6.07, 6.45) is -4.23. The highest BCUT2D eigenvalue weighted by atomic mass is 16.6. The van der Waals surface area contributed by atoms with E-state index in [1.54, 1.807) is 0 Å². The third-order valence-electron chi connectivity index (χ3n) is 1.31. The molecule has 0 fully saturated rings. The Labute approximate surface area is 79.5 Å². The minimum Gasteiger partial charge on any atom is -0.481 e. The van der Waals surface area contributed by atoms with Gasteiger partial charge in [0, 0.05) is 0 Å². The first-order valence-corrected chi connectivity index (χ1v) is 3.85. The van der Waals surface area contributed by atoms with Crippen LogP contribution in [0.25, 0.3) is 0 Å². The summed E-state index contributed by atoms with van der Waals surface area (Å²) >= 11 is 0. The van der Waals surface area contributed by atoms with Gasteiger partial charge >= 0.3 is 11.9 Å². The molecule has 0 bridgehead atoms. The van der Waals surface area contributed by atoms with Gasteiger partial charge in [0.25, 0.3) is 0 Å².